The van der Waals surface area contributed by atoms with Gasteiger partial charge in [-0.1, -0.05) is 20.3 Å². The second-order valence-corrected chi connectivity index (χ2v) is 6.73. The van der Waals surface area contributed by atoms with Crippen LogP contribution in [0.25, 0.3) is 0 Å². The molecule has 1 atom stereocenters. The number of thiazole rings is 1. The summed E-state index contributed by atoms with van der Waals surface area (Å²) in [4.78, 5) is 18.9. The summed E-state index contributed by atoms with van der Waals surface area (Å²) in [6, 6.07) is 0. The van der Waals surface area contributed by atoms with Crippen LogP contribution in [-0.4, -0.2) is 29.3 Å². The van der Waals surface area contributed by atoms with Crippen molar-refractivity contribution >= 4 is 17.1 Å². The fourth-order valence-electron chi connectivity index (χ4n) is 2.80. The van der Waals surface area contributed by atoms with E-state index in [9.17, 15) is 4.79 Å². The summed E-state index contributed by atoms with van der Waals surface area (Å²) in [6.07, 6.45) is 3.26. The van der Waals surface area contributed by atoms with E-state index in [1.54, 1.807) is 11.3 Å². The van der Waals surface area contributed by atoms with Crippen molar-refractivity contribution in [2.75, 3.05) is 13.6 Å². The van der Waals surface area contributed by atoms with Crippen LogP contribution >= 0.6 is 11.3 Å². The lowest BCUT2D eigenvalue weighted by molar-refractivity contribution is -0.134. The van der Waals surface area contributed by atoms with Gasteiger partial charge in [-0.05, 0) is 19.9 Å². The maximum absolute atomic E-state index is 12.3. The first kappa shape index (κ1) is 13.7. The van der Waals surface area contributed by atoms with Gasteiger partial charge in [0.05, 0.1) is 11.2 Å². The lowest BCUT2D eigenvalue weighted by Gasteiger charge is -2.35. The Morgan fingerprint density at radius 2 is 2.33 bits per heavy atom. The van der Waals surface area contributed by atoms with Gasteiger partial charge in [-0.15, -0.1) is 11.3 Å². The molecule has 0 amide bonds. The van der Waals surface area contributed by atoms with Gasteiger partial charge >= 0.3 is 0 Å². The van der Waals surface area contributed by atoms with Crippen LogP contribution in [0.4, 0.5) is 0 Å². The molecule has 1 heterocycles. The fraction of sp³-hybridized carbons (Fsp3) is 0.714. The molecular weight excluding hydrogens is 244 g/mol. The number of nitrogens with zero attached hydrogens (tertiary/aromatic N) is 2. The molecule has 1 fully saturated rings. The Balaban J connectivity index is 1.90. The summed E-state index contributed by atoms with van der Waals surface area (Å²) >= 11 is 1.62. The van der Waals surface area contributed by atoms with Crippen LogP contribution < -0.4 is 0 Å². The standard InChI is InChI=1S/C14H22N2OS/c1-14(2)6-4-5-11(13(14)17)7-16(3)8-12-9-18-10-15-12/h9-11H,4-8H2,1-3H3. The first-order chi connectivity index (χ1) is 8.49. The zero-order valence-corrected chi connectivity index (χ0v) is 12.3. The summed E-state index contributed by atoms with van der Waals surface area (Å²) in [5.74, 6) is 0.649. The van der Waals surface area contributed by atoms with Crippen molar-refractivity contribution in [2.45, 2.75) is 39.7 Å². The van der Waals surface area contributed by atoms with E-state index < -0.39 is 0 Å². The molecule has 18 heavy (non-hydrogen) atoms. The molecule has 0 radical (unpaired) electrons. The fourth-order valence-corrected chi connectivity index (χ4v) is 3.35. The number of hydrogen-bond acceptors (Lipinski definition) is 4. The Bertz CT molecular complexity index is 400. The van der Waals surface area contributed by atoms with Gasteiger partial charge in [0.1, 0.15) is 5.78 Å². The van der Waals surface area contributed by atoms with Crippen LogP contribution in [0.5, 0.6) is 0 Å². The van der Waals surface area contributed by atoms with Crippen molar-refractivity contribution in [3.8, 4) is 0 Å². The number of aromatic nitrogens is 1. The molecule has 4 heteroatoms. The SMILES string of the molecule is CN(Cc1cscn1)CC1CCCC(C)(C)C1=O. The van der Waals surface area contributed by atoms with Gasteiger partial charge in [0.25, 0.3) is 0 Å². The minimum Gasteiger partial charge on any atom is -0.300 e. The largest absolute Gasteiger partial charge is 0.300 e. The summed E-state index contributed by atoms with van der Waals surface area (Å²) < 4.78 is 0. The van der Waals surface area contributed by atoms with Crippen molar-refractivity contribution < 1.29 is 4.79 Å². The van der Waals surface area contributed by atoms with E-state index in [0.717, 1.165) is 31.6 Å². The second-order valence-electron chi connectivity index (χ2n) is 6.01. The minimum atomic E-state index is -0.121. The van der Waals surface area contributed by atoms with Crippen LogP contribution in [0, 0.1) is 11.3 Å². The van der Waals surface area contributed by atoms with Gasteiger partial charge in [0.15, 0.2) is 0 Å². The zero-order chi connectivity index (χ0) is 13.2. The van der Waals surface area contributed by atoms with Crippen molar-refractivity contribution in [3.05, 3.63) is 16.6 Å². The highest BCUT2D eigenvalue weighted by Crippen LogP contribution is 2.35. The van der Waals surface area contributed by atoms with E-state index in [4.69, 9.17) is 0 Å². The summed E-state index contributed by atoms with van der Waals surface area (Å²) in [5, 5.41) is 2.07. The van der Waals surface area contributed by atoms with Crippen molar-refractivity contribution in [2.24, 2.45) is 11.3 Å². The smallest absolute Gasteiger partial charge is 0.142 e. The first-order valence-corrected chi connectivity index (χ1v) is 7.53. The van der Waals surface area contributed by atoms with E-state index in [1.165, 1.54) is 6.42 Å². The van der Waals surface area contributed by atoms with E-state index in [1.807, 2.05) is 5.51 Å². The van der Waals surface area contributed by atoms with Crippen molar-refractivity contribution in [1.29, 1.82) is 0 Å². The minimum absolute atomic E-state index is 0.121. The Labute approximate surface area is 113 Å². The highest BCUT2D eigenvalue weighted by atomic mass is 32.1. The Hall–Kier alpha value is -0.740. The van der Waals surface area contributed by atoms with Crippen LogP contribution in [-0.2, 0) is 11.3 Å². The van der Waals surface area contributed by atoms with Crippen LogP contribution in [0.1, 0.15) is 38.8 Å². The Kier molecular flexibility index (Phi) is 4.17. The number of carbonyl (C=O) groups excluding carboxylic acids is 1. The lowest BCUT2D eigenvalue weighted by Crippen LogP contribution is -2.40. The normalized spacial score (nSPS) is 23.6. The van der Waals surface area contributed by atoms with E-state index in [-0.39, 0.29) is 11.3 Å². The molecular formula is C14H22N2OS. The van der Waals surface area contributed by atoms with Gasteiger partial charge in [-0.3, -0.25) is 9.69 Å². The molecule has 100 valence electrons. The first-order valence-electron chi connectivity index (χ1n) is 6.59. The zero-order valence-electron chi connectivity index (χ0n) is 11.5. The monoisotopic (exact) mass is 266 g/mol. The third-order valence-corrected chi connectivity index (χ3v) is 4.47. The summed E-state index contributed by atoms with van der Waals surface area (Å²) in [7, 11) is 2.08. The van der Waals surface area contributed by atoms with Gasteiger partial charge in [-0.2, -0.15) is 0 Å². The molecule has 1 unspecified atom stereocenters. The molecule has 0 spiro atoms. The molecule has 0 bridgehead atoms. The summed E-state index contributed by atoms with van der Waals surface area (Å²) in [6.45, 7) is 5.87. The summed E-state index contributed by atoms with van der Waals surface area (Å²) in [5.41, 5.74) is 2.84. The van der Waals surface area contributed by atoms with E-state index in [2.05, 4.69) is 36.2 Å². The molecule has 0 N–H and O–H groups in total. The number of rotatable bonds is 4. The van der Waals surface area contributed by atoms with Gasteiger partial charge in [-0.25, -0.2) is 4.98 Å². The quantitative estimate of drug-likeness (QED) is 0.840. The van der Waals surface area contributed by atoms with Crippen LogP contribution in [0.2, 0.25) is 0 Å². The maximum Gasteiger partial charge on any atom is 0.142 e. The van der Waals surface area contributed by atoms with E-state index >= 15 is 0 Å². The highest BCUT2D eigenvalue weighted by molar-refractivity contribution is 7.07. The van der Waals surface area contributed by atoms with E-state index in [0.29, 0.717) is 5.78 Å². The Morgan fingerprint density at radius 3 is 3.00 bits per heavy atom. The average Bonchev–Trinajstić information content (AvgIpc) is 2.77. The molecule has 1 aromatic rings. The molecule has 1 saturated carbocycles. The molecule has 1 aliphatic rings. The van der Waals surface area contributed by atoms with Crippen molar-refractivity contribution in [1.82, 2.24) is 9.88 Å². The lowest BCUT2D eigenvalue weighted by atomic mass is 9.71. The third-order valence-electron chi connectivity index (χ3n) is 3.84. The van der Waals surface area contributed by atoms with Gasteiger partial charge < -0.3 is 0 Å². The third kappa shape index (κ3) is 3.18. The molecule has 0 aromatic carbocycles. The maximum atomic E-state index is 12.3. The molecule has 2 rings (SSSR count). The predicted molar refractivity (Wildman–Crippen MR) is 74.6 cm³/mol. The van der Waals surface area contributed by atoms with Gasteiger partial charge in [0, 0.05) is 29.8 Å². The number of ketones is 1. The molecule has 0 saturated heterocycles. The number of Topliss-reactive ketones (excluding diaryl/α,β-unsaturated/α-hetero) is 1. The molecule has 1 aromatic heterocycles. The number of carbonyl (C=O) groups is 1. The van der Waals surface area contributed by atoms with Gasteiger partial charge in [0.2, 0.25) is 0 Å². The Morgan fingerprint density at radius 1 is 1.56 bits per heavy atom. The highest BCUT2D eigenvalue weighted by Gasteiger charge is 2.37. The molecule has 1 aliphatic carbocycles. The topological polar surface area (TPSA) is 33.2 Å². The average molecular weight is 266 g/mol. The predicted octanol–water partition coefficient (Wildman–Crippen LogP) is 2.97. The molecule has 3 nitrogen and oxygen atoms in total. The van der Waals surface area contributed by atoms with Crippen LogP contribution in [0.3, 0.4) is 0 Å². The van der Waals surface area contributed by atoms with Crippen molar-refractivity contribution in [3.63, 3.8) is 0 Å². The molecule has 0 aliphatic heterocycles. The second kappa shape index (κ2) is 5.49. The van der Waals surface area contributed by atoms with Crippen LogP contribution in [0.15, 0.2) is 10.9 Å². The number of hydrogen-bond donors (Lipinski definition) is 0.